The summed E-state index contributed by atoms with van der Waals surface area (Å²) in [5, 5.41) is 0. The van der Waals surface area contributed by atoms with E-state index in [4.69, 9.17) is 9.47 Å². The minimum atomic E-state index is -0.648. The number of hydrogen-bond acceptors (Lipinski definition) is 4. The lowest BCUT2D eigenvalue weighted by Crippen LogP contribution is -2.45. The van der Waals surface area contributed by atoms with Crippen molar-refractivity contribution < 1.29 is 19.1 Å². The van der Waals surface area contributed by atoms with Crippen LogP contribution in [0.15, 0.2) is 11.1 Å². The number of amides is 1. The molecule has 5 nitrogen and oxygen atoms in total. The molecule has 0 spiro atoms. The van der Waals surface area contributed by atoms with Gasteiger partial charge in [-0.15, -0.1) is 0 Å². The number of carbonyl (C=O) groups excluding carboxylic acids is 2. The fourth-order valence-corrected chi connectivity index (χ4v) is 2.24. The first-order chi connectivity index (χ1) is 8.71. The Bertz CT molecular complexity index is 406. The van der Waals surface area contributed by atoms with Gasteiger partial charge < -0.3 is 9.47 Å². The second kappa shape index (κ2) is 5.63. The van der Waals surface area contributed by atoms with E-state index in [-0.39, 0.29) is 0 Å². The van der Waals surface area contributed by atoms with Crippen LogP contribution in [0, 0.1) is 0 Å². The van der Waals surface area contributed by atoms with Gasteiger partial charge in [-0.3, -0.25) is 4.90 Å². The summed E-state index contributed by atoms with van der Waals surface area (Å²) in [5.74, 6) is -0.417. The highest BCUT2D eigenvalue weighted by molar-refractivity contribution is 5.86. The average Bonchev–Trinajstić information content (AvgIpc) is 2.63. The van der Waals surface area contributed by atoms with Gasteiger partial charge in [0, 0.05) is 6.54 Å². The average molecular weight is 269 g/mol. The van der Waals surface area contributed by atoms with Gasteiger partial charge in [-0.2, -0.15) is 0 Å². The van der Waals surface area contributed by atoms with Crippen molar-refractivity contribution in [3.8, 4) is 0 Å². The van der Waals surface area contributed by atoms with Gasteiger partial charge in [-0.1, -0.05) is 12.5 Å². The number of esters is 1. The van der Waals surface area contributed by atoms with Crippen molar-refractivity contribution >= 4 is 12.1 Å². The first kappa shape index (κ1) is 15.5. The first-order valence-electron chi connectivity index (χ1n) is 6.47. The lowest BCUT2D eigenvalue weighted by atomic mass is 10.0. The van der Waals surface area contributed by atoms with Crippen LogP contribution >= 0.6 is 0 Å². The van der Waals surface area contributed by atoms with E-state index in [0.717, 1.165) is 11.1 Å². The number of carbonyl (C=O) groups is 2. The van der Waals surface area contributed by atoms with Gasteiger partial charge in [0.05, 0.1) is 7.11 Å². The summed E-state index contributed by atoms with van der Waals surface area (Å²) in [6, 6.07) is -0.648. The molecule has 1 aliphatic heterocycles. The number of ether oxygens (including phenoxy) is 2. The topological polar surface area (TPSA) is 55.8 Å². The standard InChI is InChI=1S/C14H23NO4/c1-7-10-9(2)8-15(11(10)12(16)18-6)13(17)19-14(3,4)5/h11H,7-8H2,1-6H3/t11-/m0/s1. The Kier molecular flexibility index (Phi) is 4.61. The number of rotatable bonds is 2. The summed E-state index contributed by atoms with van der Waals surface area (Å²) >= 11 is 0. The van der Waals surface area contributed by atoms with E-state index in [2.05, 4.69) is 0 Å². The minimum Gasteiger partial charge on any atom is -0.467 e. The van der Waals surface area contributed by atoms with Gasteiger partial charge in [0.15, 0.2) is 6.04 Å². The van der Waals surface area contributed by atoms with Crippen molar-refractivity contribution in [2.24, 2.45) is 0 Å². The van der Waals surface area contributed by atoms with Crippen LogP contribution in [0.2, 0.25) is 0 Å². The van der Waals surface area contributed by atoms with Gasteiger partial charge in [0.1, 0.15) is 5.60 Å². The third kappa shape index (κ3) is 3.49. The zero-order chi connectivity index (χ0) is 14.8. The van der Waals surface area contributed by atoms with Crippen LogP contribution in [0.25, 0.3) is 0 Å². The van der Waals surface area contributed by atoms with E-state index in [1.807, 2.05) is 13.8 Å². The number of nitrogens with zero attached hydrogens (tertiary/aromatic N) is 1. The van der Waals surface area contributed by atoms with Gasteiger partial charge in [0.2, 0.25) is 0 Å². The maximum atomic E-state index is 12.2. The minimum absolute atomic E-state index is 0.415. The summed E-state index contributed by atoms with van der Waals surface area (Å²) in [6.45, 7) is 9.71. The molecule has 1 rings (SSSR count). The van der Waals surface area contributed by atoms with E-state index >= 15 is 0 Å². The molecule has 1 aliphatic rings. The van der Waals surface area contributed by atoms with Gasteiger partial charge in [-0.25, -0.2) is 9.59 Å². The zero-order valence-electron chi connectivity index (χ0n) is 12.6. The second-order valence-corrected chi connectivity index (χ2v) is 5.69. The maximum absolute atomic E-state index is 12.2. The third-order valence-corrected chi connectivity index (χ3v) is 3.03. The van der Waals surface area contributed by atoms with E-state index in [1.54, 1.807) is 20.8 Å². The third-order valence-electron chi connectivity index (χ3n) is 3.03. The molecule has 108 valence electrons. The Morgan fingerprint density at radius 3 is 2.37 bits per heavy atom. The van der Waals surface area contributed by atoms with E-state index in [1.165, 1.54) is 12.0 Å². The summed E-state index contributed by atoms with van der Waals surface area (Å²) in [6.07, 6.45) is 0.232. The van der Waals surface area contributed by atoms with Crippen molar-refractivity contribution in [1.82, 2.24) is 4.90 Å². The highest BCUT2D eigenvalue weighted by Crippen LogP contribution is 2.29. The number of methoxy groups -OCH3 is 1. The largest absolute Gasteiger partial charge is 0.467 e. The van der Waals surface area contributed by atoms with Crippen molar-refractivity contribution in [2.45, 2.75) is 52.7 Å². The fourth-order valence-electron chi connectivity index (χ4n) is 2.24. The molecule has 0 bridgehead atoms. The first-order valence-corrected chi connectivity index (χ1v) is 6.47. The monoisotopic (exact) mass is 269 g/mol. The predicted molar refractivity (Wildman–Crippen MR) is 71.7 cm³/mol. The normalized spacial score (nSPS) is 19.7. The molecule has 0 aromatic heterocycles. The Labute approximate surface area is 114 Å². The highest BCUT2D eigenvalue weighted by atomic mass is 16.6. The van der Waals surface area contributed by atoms with Gasteiger partial charge >= 0.3 is 12.1 Å². The van der Waals surface area contributed by atoms with Gasteiger partial charge in [0.25, 0.3) is 0 Å². The van der Waals surface area contributed by atoms with Crippen LogP contribution in [0.1, 0.15) is 41.0 Å². The van der Waals surface area contributed by atoms with Crippen LogP contribution in [-0.4, -0.2) is 42.3 Å². The molecular weight excluding hydrogens is 246 g/mol. The van der Waals surface area contributed by atoms with Crippen LogP contribution in [0.3, 0.4) is 0 Å². The van der Waals surface area contributed by atoms with E-state index in [9.17, 15) is 9.59 Å². The van der Waals surface area contributed by atoms with Crippen LogP contribution in [0.5, 0.6) is 0 Å². The molecule has 1 atom stereocenters. The second-order valence-electron chi connectivity index (χ2n) is 5.69. The van der Waals surface area contributed by atoms with Crippen molar-refractivity contribution in [2.75, 3.05) is 13.7 Å². The summed E-state index contributed by atoms with van der Waals surface area (Å²) < 4.78 is 10.1. The number of hydrogen-bond donors (Lipinski definition) is 0. The highest BCUT2D eigenvalue weighted by Gasteiger charge is 2.40. The molecule has 1 heterocycles. The summed E-state index contributed by atoms with van der Waals surface area (Å²) in [5.41, 5.74) is 1.39. The molecule has 19 heavy (non-hydrogen) atoms. The molecule has 0 saturated carbocycles. The molecular formula is C14H23NO4. The van der Waals surface area contributed by atoms with Gasteiger partial charge in [-0.05, 0) is 39.7 Å². The molecule has 0 N–H and O–H groups in total. The van der Waals surface area contributed by atoms with Crippen LogP contribution in [-0.2, 0) is 14.3 Å². The lowest BCUT2D eigenvalue weighted by molar-refractivity contribution is -0.144. The Morgan fingerprint density at radius 2 is 1.95 bits per heavy atom. The molecule has 0 aromatic rings. The molecule has 0 radical (unpaired) electrons. The summed E-state index contributed by atoms with van der Waals surface area (Å²) in [4.78, 5) is 25.5. The Hall–Kier alpha value is -1.52. The Balaban J connectivity index is 2.97. The molecule has 0 saturated heterocycles. The lowest BCUT2D eigenvalue weighted by Gasteiger charge is -2.28. The predicted octanol–water partition coefficient (Wildman–Crippen LogP) is 2.51. The maximum Gasteiger partial charge on any atom is 0.411 e. The van der Waals surface area contributed by atoms with Crippen molar-refractivity contribution in [3.63, 3.8) is 0 Å². The SMILES string of the molecule is CCC1=C(C)CN(C(=O)OC(C)(C)C)[C@@H]1C(=O)OC. The smallest absolute Gasteiger partial charge is 0.411 e. The zero-order valence-corrected chi connectivity index (χ0v) is 12.6. The molecule has 0 aromatic carbocycles. The quantitative estimate of drug-likeness (QED) is 0.571. The fraction of sp³-hybridized carbons (Fsp3) is 0.714. The van der Waals surface area contributed by atoms with Crippen molar-refractivity contribution in [1.29, 1.82) is 0 Å². The molecule has 0 unspecified atom stereocenters. The van der Waals surface area contributed by atoms with Crippen LogP contribution in [0.4, 0.5) is 4.79 Å². The van der Waals surface area contributed by atoms with Crippen LogP contribution < -0.4 is 0 Å². The molecule has 0 fully saturated rings. The molecule has 5 heteroatoms. The van der Waals surface area contributed by atoms with E-state index in [0.29, 0.717) is 13.0 Å². The summed E-state index contributed by atoms with van der Waals surface area (Å²) in [7, 11) is 1.33. The van der Waals surface area contributed by atoms with Crippen molar-refractivity contribution in [3.05, 3.63) is 11.1 Å². The Morgan fingerprint density at radius 1 is 1.37 bits per heavy atom. The van der Waals surface area contributed by atoms with E-state index < -0.39 is 23.7 Å². The molecule has 0 aliphatic carbocycles. The molecule has 1 amide bonds.